The molecule has 0 aromatic rings. The van der Waals surface area contributed by atoms with Crippen molar-refractivity contribution in [2.45, 2.75) is 60.8 Å². The smallest absolute Gasteiger partial charge is 0.166 e. The molecule has 1 aliphatic rings. The Hall–Kier alpha value is -0.920. The van der Waals surface area contributed by atoms with Crippen molar-refractivity contribution < 1.29 is 9.59 Å². The molecule has 0 bridgehead atoms. The van der Waals surface area contributed by atoms with Gasteiger partial charge in [0, 0.05) is 12.8 Å². The quantitative estimate of drug-likeness (QED) is 0.561. The minimum Gasteiger partial charge on any atom is -0.294 e. The van der Waals surface area contributed by atoms with Crippen LogP contribution in [-0.4, -0.2) is 11.6 Å². The summed E-state index contributed by atoms with van der Waals surface area (Å²) in [4.78, 5) is 24.5. The zero-order chi connectivity index (χ0) is 14.1. The van der Waals surface area contributed by atoms with Crippen LogP contribution in [0.3, 0.4) is 0 Å². The number of hydrogen-bond donors (Lipinski definition) is 0. The van der Waals surface area contributed by atoms with E-state index >= 15 is 0 Å². The van der Waals surface area contributed by atoms with Crippen LogP contribution in [0.1, 0.15) is 60.8 Å². The lowest BCUT2D eigenvalue weighted by molar-refractivity contribution is -0.127. The van der Waals surface area contributed by atoms with Gasteiger partial charge in [0.2, 0.25) is 0 Å². The average Bonchev–Trinajstić information content (AvgIpc) is 2.11. The topological polar surface area (TPSA) is 34.1 Å². The van der Waals surface area contributed by atoms with Crippen LogP contribution in [-0.2, 0) is 9.59 Å². The highest BCUT2D eigenvalue weighted by molar-refractivity contribution is 6.22. The van der Waals surface area contributed by atoms with E-state index in [0.29, 0.717) is 24.3 Å². The molecule has 18 heavy (non-hydrogen) atoms. The maximum absolute atomic E-state index is 12.3. The van der Waals surface area contributed by atoms with Crippen LogP contribution in [0.4, 0.5) is 0 Å². The van der Waals surface area contributed by atoms with Crippen molar-refractivity contribution in [2.75, 3.05) is 0 Å². The SMILES string of the molecule is CC(C)CC(=C1C(=O)CC(C)(C)CC1=O)C(C)C. The molecule has 1 saturated carbocycles. The second-order valence-electron chi connectivity index (χ2n) is 7.02. The summed E-state index contributed by atoms with van der Waals surface area (Å²) in [5.41, 5.74) is 1.42. The molecule has 0 aliphatic heterocycles. The summed E-state index contributed by atoms with van der Waals surface area (Å²) in [7, 11) is 0. The molecule has 0 unspecified atom stereocenters. The van der Waals surface area contributed by atoms with Crippen molar-refractivity contribution >= 4 is 11.6 Å². The van der Waals surface area contributed by atoms with Crippen LogP contribution in [0.2, 0.25) is 0 Å². The van der Waals surface area contributed by atoms with Crippen LogP contribution in [0, 0.1) is 17.3 Å². The van der Waals surface area contributed by atoms with Crippen molar-refractivity contribution in [3.63, 3.8) is 0 Å². The summed E-state index contributed by atoms with van der Waals surface area (Å²) in [6.07, 6.45) is 1.86. The molecule has 1 aliphatic carbocycles. The lowest BCUT2D eigenvalue weighted by atomic mass is 9.71. The summed E-state index contributed by atoms with van der Waals surface area (Å²) in [5, 5.41) is 0. The van der Waals surface area contributed by atoms with Crippen molar-refractivity contribution in [3.05, 3.63) is 11.1 Å². The van der Waals surface area contributed by atoms with E-state index in [-0.39, 0.29) is 22.9 Å². The van der Waals surface area contributed by atoms with Gasteiger partial charge in [0.1, 0.15) is 0 Å². The fraction of sp³-hybridized carbons (Fsp3) is 0.750. The van der Waals surface area contributed by atoms with Crippen molar-refractivity contribution in [3.8, 4) is 0 Å². The fourth-order valence-corrected chi connectivity index (χ4v) is 2.69. The molecule has 0 saturated heterocycles. The normalized spacial score (nSPS) is 19.9. The number of allylic oxidation sites excluding steroid dienone is 2. The Bertz CT molecular complexity index is 362. The largest absolute Gasteiger partial charge is 0.294 e. The van der Waals surface area contributed by atoms with Gasteiger partial charge < -0.3 is 0 Å². The van der Waals surface area contributed by atoms with E-state index in [1.807, 2.05) is 13.8 Å². The Kier molecular flexibility index (Phi) is 4.52. The first-order chi connectivity index (χ1) is 8.14. The van der Waals surface area contributed by atoms with E-state index in [1.165, 1.54) is 0 Å². The molecule has 0 radical (unpaired) electrons. The van der Waals surface area contributed by atoms with E-state index in [0.717, 1.165) is 12.0 Å². The summed E-state index contributed by atoms with van der Waals surface area (Å²) in [6.45, 7) is 12.4. The highest BCUT2D eigenvalue weighted by Gasteiger charge is 2.37. The van der Waals surface area contributed by atoms with Crippen LogP contribution in [0.25, 0.3) is 0 Å². The standard InChI is InChI=1S/C16H26O2/c1-10(2)7-12(11(3)4)15-13(17)8-16(5,6)9-14(15)18/h10-11H,7-9H2,1-6H3. The van der Waals surface area contributed by atoms with Crippen molar-refractivity contribution in [2.24, 2.45) is 17.3 Å². The molecule has 2 heteroatoms. The molecule has 1 fully saturated rings. The molecule has 2 nitrogen and oxygen atoms in total. The maximum Gasteiger partial charge on any atom is 0.166 e. The van der Waals surface area contributed by atoms with Gasteiger partial charge in [-0.3, -0.25) is 9.59 Å². The fourth-order valence-electron chi connectivity index (χ4n) is 2.69. The van der Waals surface area contributed by atoms with E-state index in [2.05, 4.69) is 27.7 Å². The number of rotatable bonds is 3. The Labute approximate surface area is 111 Å². The zero-order valence-corrected chi connectivity index (χ0v) is 12.6. The Morgan fingerprint density at radius 3 is 1.83 bits per heavy atom. The van der Waals surface area contributed by atoms with E-state index in [1.54, 1.807) is 0 Å². The molecule has 0 amide bonds. The third kappa shape index (κ3) is 3.54. The minimum atomic E-state index is -0.169. The van der Waals surface area contributed by atoms with Crippen LogP contribution in [0.5, 0.6) is 0 Å². The molecule has 0 aromatic heterocycles. The van der Waals surface area contributed by atoms with Gasteiger partial charge in [-0.15, -0.1) is 0 Å². The lowest BCUT2D eigenvalue weighted by Crippen LogP contribution is -2.33. The van der Waals surface area contributed by atoms with Gasteiger partial charge in [-0.05, 0) is 23.7 Å². The number of hydrogen-bond acceptors (Lipinski definition) is 2. The molecular weight excluding hydrogens is 224 g/mol. The van der Waals surface area contributed by atoms with Crippen molar-refractivity contribution in [1.29, 1.82) is 0 Å². The molecule has 1 rings (SSSR count). The van der Waals surface area contributed by atoms with Gasteiger partial charge >= 0.3 is 0 Å². The average molecular weight is 250 g/mol. The number of Topliss-reactive ketones (excluding diaryl/α,β-unsaturated/α-hetero) is 2. The zero-order valence-electron chi connectivity index (χ0n) is 12.6. The minimum absolute atomic E-state index is 0.0561. The molecule has 0 spiro atoms. The predicted molar refractivity (Wildman–Crippen MR) is 74.3 cm³/mol. The molecule has 0 heterocycles. The first-order valence-electron chi connectivity index (χ1n) is 6.93. The summed E-state index contributed by atoms with van der Waals surface area (Å²) < 4.78 is 0. The molecule has 102 valence electrons. The van der Waals surface area contributed by atoms with Gasteiger partial charge in [0.05, 0.1) is 5.57 Å². The highest BCUT2D eigenvalue weighted by Crippen LogP contribution is 2.37. The second kappa shape index (κ2) is 5.38. The molecule has 0 N–H and O–H groups in total. The number of carbonyl (C=O) groups excluding carboxylic acids is 2. The van der Waals surface area contributed by atoms with Crippen LogP contribution >= 0.6 is 0 Å². The molecular formula is C16H26O2. The van der Waals surface area contributed by atoms with Gasteiger partial charge in [-0.25, -0.2) is 0 Å². The first kappa shape index (κ1) is 15.1. The summed E-state index contributed by atoms with van der Waals surface area (Å²) >= 11 is 0. The Balaban J connectivity index is 3.17. The lowest BCUT2D eigenvalue weighted by Gasteiger charge is -2.31. The molecule has 0 aromatic carbocycles. The predicted octanol–water partition coefficient (Wildman–Crippen LogP) is 3.94. The van der Waals surface area contributed by atoms with E-state index < -0.39 is 0 Å². The highest BCUT2D eigenvalue weighted by atomic mass is 16.1. The Morgan fingerprint density at radius 2 is 1.50 bits per heavy atom. The molecule has 0 atom stereocenters. The number of ketones is 2. The van der Waals surface area contributed by atoms with Gasteiger partial charge in [-0.2, -0.15) is 0 Å². The van der Waals surface area contributed by atoms with Gasteiger partial charge in [0.25, 0.3) is 0 Å². The van der Waals surface area contributed by atoms with E-state index in [9.17, 15) is 9.59 Å². The number of carbonyl (C=O) groups is 2. The third-order valence-electron chi connectivity index (χ3n) is 3.48. The third-order valence-corrected chi connectivity index (χ3v) is 3.48. The van der Waals surface area contributed by atoms with Crippen LogP contribution < -0.4 is 0 Å². The van der Waals surface area contributed by atoms with Gasteiger partial charge in [0.15, 0.2) is 11.6 Å². The monoisotopic (exact) mass is 250 g/mol. The Morgan fingerprint density at radius 1 is 1.06 bits per heavy atom. The van der Waals surface area contributed by atoms with Crippen LogP contribution in [0.15, 0.2) is 11.1 Å². The van der Waals surface area contributed by atoms with Crippen molar-refractivity contribution in [1.82, 2.24) is 0 Å². The van der Waals surface area contributed by atoms with Gasteiger partial charge in [-0.1, -0.05) is 47.1 Å². The van der Waals surface area contributed by atoms with E-state index in [4.69, 9.17) is 0 Å². The second-order valence-corrected chi connectivity index (χ2v) is 7.02. The summed E-state index contributed by atoms with van der Waals surface area (Å²) in [5.74, 6) is 0.864. The maximum atomic E-state index is 12.3. The summed E-state index contributed by atoms with van der Waals surface area (Å²) in [6, 6.07) is 0. The first-order valence-corrected chi connectivity index (χ1v) is 6.93.